The van der Waals surface area contributed by atoms with Crippen LogP contribution < -0.4 is 5.32 Å². The van der Waals surface area contributed by atoms with Gasteiger partial charge in [0.25, 0.3) is 0 Å². The van der Waals surface area contributed by atoms with Crippen LogP contribution in [-0.2, 0) is 16.1 Å². The van der Waals surface area contributed by atoms with Crippen LogP contribution in [-0.4, -0.2) is 51.3 Å². The molecule has 0 bridgehead atoms. The van der Waals surface area contributed by atoms with Crippen molar-refractivity contribution in [1.29, 1.82) is 0 Å². The number of aliphatic carboxylic acids is 1. The molecule has 1 saturated heterocycles. The van der Waals surface area contributed by atoms with Gasteiger partial charge in [0.15, 0.2) is 5.54 Å². The summed E-state index contributed by atoms with van der Waals surface area (Å²) in [5.41, 5.74) is -1.13. The zero-order valence-corrected chi connectivity index (χ0v) is 13.7. The molecule has 2 N–H and O–H groups in total. The first kappa shape index (κ1) is 17.2. The molecule has 0 aliphatic carbocycles. The number of ether oxygens (including phenoxy) is 1. The number of likely N-dealkylation sites (tertiary alicyclic amines) is 1. The Kier molecular flexibility index (Phi) is 4.89. The Bertz CT molecular complexity index is 570. The van der Waals surface area contributed by atoms with Gasteiger partial charge in [-0.25, -0.2) is 9.59 Å². The van der Waals surface area contributed by atoms with Crippen LogP contribution in [0.4, 0.5) is 4.79 Å². The summed E-state index contributed by atoms with van der Waals surface area (Å²) in [6.45, 7) is 6.55. The molecular weight excluding hydrogens is 298 g/mol. The van der Waals surface area contributed by atoms with E-state index in [1.807, 2.05) is 23.1 Å². The predicted octanol–water partition coefficient (Wildman–Crippen LogP) is 1.64. The van der Waals surface area contributed by atoms with Crippen LogP contribution in [0.5, 0.6) is 0 Å². The average Bonchev–Trinajstić information content (AvgIpc) is 2.82. The molecule has 1 aromatic heterocycles. The van der Waals surface area contributed by atoms with Gasteiger partial charge in [0.05, 0.1) is 5.69 Å². The van der Waals surface area contributed by atoms with E-state index in [1.54, 1.807) is 27.0 Å². The summed E-state index contributed by atoms with van der Waals surface area (Å²) in [6.07, 6.45) is 1.32. The van der Waals surface area contributed by atoms with Gasteiger partial charge in [-0.3, -0.25) is 9.88 Å². The number of hydrogen-bond acceptors (Lipinski definition) is 5. The number of amides is 1. The second-order valence-electron chi connectivity index (χ2n) is 6.80. The van der Waals surface area contributed by atoms with Gasteiger partial charge >= 0.3 is 12.1 Å². The van der Waals surface area contributed by atoms with Crippen LogP contribution in [0, 0.1) is 0 Å². The van der Waals surface area contributed by atoms with Gasteiger partial charge in [-0.05, 0) is 39.3 Å². The minimum absolute atomic E-state index is 0.220. The molecule has 1 amide bonds. The fourth-order valence-corrected chi connectivity index (χ4v) is 2.57. The molecule has 1 unspecified atom stereocenters. The number of carboxylic acids is 1. The Balaban J connectivity index is 2.02. The standard InChI is InChI=1S/C16H23N3O4/c1-15(2,3)23-14(22)18-16(13(20)21)7-9-19(11-16)10-12-6-4-5-8-17-12/h4-6,8H,7,9-11H2,1-3H3,(H,18,22)(H,20,21). The molecule has 23 heavy (non-hydrogen) atoms. The van der Waals surface area contributed by atoms with Gasteiger partial charge in [-0.1, -0.05) is 6.07 Å². The number of pyridine rings is 1. The summed E-state index contributed by atoms with van der Waals surface area (Å²) < 4.78 is 5.18. The van der Waals surface area contributed by atoms with Crippen LogP contribution in [0.3, 0.4) is 0 Å². The quantitative estimate of drug-likeness (QED) is 0.876. The third-order valence-corrected chi connectivity index (χ3v) is 3.61. The van der Waals surface area contributed by atoms with Gasteiger partial charge in [0.2, 0.25) is 0 Å². The smallest absolute Gasteiger partial charge is 0.408 e. The van der Waals surface area contributed by atoms with Crippen LogP contribution in [0.25, 0.3) is 0 Å². The van der Waals surface area contributed by atoms with E-state index < -0.39 is 23.2 Å². The first-order chi connectivity index (χ1) is 10.7. The van der Waals surface area contributed by atoms with Gasteiger partial charge < -0.3 is 15.2 Å². The normalized spacial score (nSPS) is 21.9. The molecule has 2 rings (SSSR count). The molecule has 1 aliphatic rings. The summed E-state index contributed by atoms with van der Waals surface area (Å²) in [5, 5.41) is 12.1. The molecular formula is C16H23N3O4. The highest BCUT2D eigenvalue weighted by atomic mass is 16.6. The first-order valence-corrected chi connectivity index (χ1v) is 7.57. The van der Waals surface area contributed by atoms with Crippen molar-refractivity contribution in [3.8, 4) is 0 Å². The third kappa shape index (κ3) is 4.66. The largest absolute Gasteiger partial charge is 0.479 e. The Morgan fingerprint density at radius 1 is 1.43 bits per heavy atom. The Morgan fingerprint density at radius 2 is 2.17 bits per heavy atom. The Labute approximate surface area is 135 Å². The monoisotopic (exact) mass is 321 g/mol. The van der Waals surface area contributed by atoms with Crippen molar-refractivity contribution in [1.82, 2.24) is 15.2 Å². The number of carboxylic acid groups (broad SMARTS) is 1. The highest BCUT2D eigenvalue weighted by Crippen LogP contribution is 2.24. The van der Waals surface area contributed by atoms with E-state index in [2.05, 4.69) is 10.3 Å². The van der Waals surface area contributed by atoms with E-state index in [1.165, 1.54) is 0 Å². The van der Waals surface area contributed by atoms with Gasteiger partial charge in [0, 0.05) is 25.8 Å². The van der Waals surface area contributed by atoms with Gasteiger partial charge in [-0.2, -0.15) is 0 Å². The van der Waals surface area contributed by atoms with E-state index in [9.17, 15) is 14.7 Å². The Hall–Kier alpha value is -2.15. The molecule has 1 aliphatic heterocycles. The fourth-order valence-electron chi connectivity index (χ4n) is 2.57. The summed E-state index contributed by atoms with van der Waals surface area (Å²) in [4.78, 5) is 29.9. The topological polar surface area (TPSA) is 91.8 Å². The van der Waals surface area contributed by atoms with Crippen molar-refractivity contribution < 1.29 is 19.4 Å². The third-order valence-electron chi connectivity index (χ3n) is 3.61. The minimum Gasteiger partial charge on any atom is -0.479 e. The fraction of sp³-hybridized carbons (Fsp3) is 0.562. The molecule has 1 aromatic rings. The maximum absolute atomic E-state index is 12.0. The van der Waals surface area contributed by atoms with E-state index >= 15 is 0 Å². The number of nitrogens with zero attached hydrogens (tertiary/aromatic N) is 2. The molecule has 126 valence electrons. The molecule has 7 heteroatoms. The van der Waals surface area contributed by atoms with E-state index in [0.717, 1.165) is 5.69 Å². The zero-order chi connectivity index (χ0) is 17.1. The van der Waals surface area contributed by atoms with Gasteiger partial charge in [-0.15, -0.1) is 0 Å². The van der Waals surface area contributed by atoms with E-state index in [-0.39, 0.29) is 6.54 Å². The van der Waals surface area contributed by atoms with Crippen molar-refractivity contribution in [2.75, 3.05) is 13.1 Å². The van der Waals surface area contributed by atoms with Crippen molar-refractivity contribution in [2.45, 2.75) is 44.9 Å². The zero-order valence-electron chi connectivity index (χ0n) is 13.7. The number of alkyl carbamates (subject to hydrolysis) is 1. The highest BCUT2D eigenvalue weighted by molar-refractivity contribution is 5.85. The number of aromatic nitrogens is 1. The number of nitrogens with one attached hydrogen (secondary N) is 1. The summed E-state index contributed by atoms with van der Waals surface area (Å²) >= 11 is 0. The second-order valence-corrected chi connectivity index (χ2v) is 6.80. The number of hydrogen-bond donors (Lipinski definition) is 2. The average molecular weight is 321 g/mol. The number of carbonyl (C=O) groups is 2. The molecule has 0 spiro atoms. The molecule has 1 fully saturated rings. The lowest BCUT2D eigenvalue weighted by atomic mass is 9.99. The summed E-state index contributed by atoms with van der Waals surface area (Å²) in [7, 11) is 0. The van der Waals surface area contributed by atoms with Crippen molar-refractivity contribution in [3.63, 3.8) is 0 Å². The summed E-state index contributed by atoms with van der Waals surface area (Å²) in [5.74, 6) is -1.05. The second kappa shape index (κ2) is 6.54. The maximum Gasteiger partial charge on any atom is 0.408 e. The van der Waals surface area contributed by atoms with Crippen LogP contribution in [0.15, 0.2) is 24.4 Å². The molecule has 0 saturated carbocycles. The van der Waals surface area contributed by atoms with Gasteiger partial charge in [0.1, 0.15) is 5.60 Å². The highest BCUT2D eigenvalue weighted by Gasteiger charge is 2.46. The van der Waals surface area contributed by atoms with Crippen LogP contribution in [0.1, 0.15) is 32.9 Å². The van der Waals surface area contributed by atoms with Crippen LogP contribution in [0.2, 0.25) is 0 Å². The summed E-state index contributed by atoms with van der Waals surface area (Å²) in [6, 6.07) is 5.61. The lowest BCUT2D eigenvalue weighted by Crippen LogP contribution is -2.57. The number of carbonyl (C=O) groups excluding carboxylic acids is 1. The molecule has 1 atom stereocenters. The SMILES string of the molecule is CC(C)(C)OC(=O)NC1(C(=O)O)CCN(Cc2ccccn2)C1. The molecule has 0 radical (unpaired) electrons. The maximum atomic E-state index is 12.0. The van der Waals surface area contributed by atoms with Crippen molar-refractivity contribution >= 4 is 12.1 Å². The minimum atomic E-state index is -1.32. The van der Waals surface area contributed by atoms with E-state index in [0.29, 0.717) is 19.5 Å². The van der Waals surface area contributed by atoms with Crippen LogP contribution >= 0.6 is 0 Å². The first-order valence-electron chi connectivity index (χ1n) is 7.57. The van der Waals surface area contributed by atoms with E-state index in [4.69, 9.17) is 4.74 Å². The lowest BCUT2D eigenvalue weighted by Gasteiger charge is -2.28. The van der Waals surface area contributed by atoms with Crippen molar-refractivity contribution in [3.05, 3.63) is 30.1 Å². The molecule has 2 heterocycles. The lowest BCUT2D eigenvalue weighted by molar-refractivity contribution is -0.144. The van der Waals surface area contributed by atoms with Crippen molar-refractivity contribution in [2.24, 2.45) is 0 Å². The molecule has 0 aromatic carbocycles. The predicted molar refractivity (Wildman–Crippen MR) is 83.9 cm³/mol. The number of rotatable bonds is 4. The molecule has 7 nitrogen and oxygen atoms in total. The Morgan fingerprint density at radius 3 is 2.74 bits per heavy atom.